The number of ether oxygens (including phenoxy) is 3. The monoisotopic (exact) mass is 438 g/mol. The van der Waals surface area contributed by atoms with Crippen molar-refractivity contribution in [3.8, 4) is 11.5 Å². The maximum atomic E-state index is 12.1. The fraction of sp³-hybridized carbons (Fsp3) is 0.615. The molecule has 0 bridgehead atoms. The average Bonchev–Trinajstić information content (AvgIpc) is 3.57. The molecule has 6 nitrogen and oxygen atoms in total. The number of aromatic nitrogens is 1. The summed E-state index contributed by atoms with van der Waals surface area (Å²) >= 11 is 0. The van der Waals surface area contributed by atoms with Crippen molar-refractivity contribution in [1.82, 2.24) is 10.3 Å². The van der Waals surface area contributed by atoms with E-state index in [2.05, 4.69) is 17.4 Å². The number of pyridine rings is 1. The van der Waals surface area contributed by atoms with Gasteiger partial charge in [-0.05, 0) is 49.8 Å². The van der Waals surface area contributed by atoms with Gasteiger partial charge in [-0.3, -0.25) is 4.79 Å². The summed E-state index contributed by atoms with van der Waals surface area (Å²) in [5, 5.41) is 4.42. The number of methoxy groups -OCH3 is 2. The van der Waals surface area contributed by atoms with Crippen molar-refractivity contribution in [1.29, 1.82) is 0 Å². The van der Waals surface area contributed by atoms with Gasteiger partial charge in [-0.2, -0.15) is 0 Å². The van der Waals surface area contributed by atoms with Gasteiger partial charge < -0.3 is 19.5 Å². The molecule has 1 aromatic carbocycles. The number of hydrogen-bond donors (Lipinski definition) is 1. The van der Waals surface area contributed by atoms with E-state index in [0.29, 0.717) is 13.0 Å². The molecule has 172 valence electrons. The third-order valence-electron chi connectivity index (χ3n) is 7.42. The summed E-state index contributed by atoms with van der Waals surface area (Å²) in [6.45, 7) is 0.656. The summed E-state index contributed by atoms with van der Waals surface area (Å²) in [5.74, 6) is 2.56. The van der Waals surface area contributed by atoms with Crippen molar-refractivity contribution in [3.05, 3.63) is 29.5 Å². The molecule has 2 aromatic rings. The molecule has 1 aromatic heterocycles. The summed E-state index contributed by atoms with van der Waals surface area (Å²) in [5.41, 5.74) is 2.92. The maximum absolute atomic E-state index is 12.1. The van der Waals surface area contributed by atoms with E-state index >= 15 is 0 Å². The van der Waals surface area contributed by atoms with E-state index in [1.54, 1.807) is 7.11 Å². The quantitative estimate of drug-likeness (QED) is 0.488. The molecule has 32 heavy (non-hydrogen) atoms. The molecular weight excluding hydrogens is 404 g/mol. The average molecular weight is 439 g/mol. The van der Waals surface area contributed by atoms with Crippen molar-refractivity contribution >= 4 is 16.9 Å². The Kier molecular flexibility index (Phi) is 5.97. The van der Waals surface area contributed by atoms with E-state index in [1.165, 1.54) is 44.8 Å². The van der Waals surface area contributed by atoms with Crippen LogP contribution in [0.25, 0.3) is 10.9 Å². The summed E-state index contributed by atoms with van der Waals surface area (Å²) < 4.78 is 17.2. The van der Waals surface area contributed by atoms with Gasteiger partial charge in [0.1, 0.15) is 23.1 Å². The molecule has 6 heteroatoms. The van der Waals surface area contributed by atoms with Gasteiger partial charge in [-0.25, -0.2) is 4.98 Å². The number of rotatable bonds is 8. The van der Waals surface area contributed by atoms with E-state index in [9.17, 15) is 4.79 Å². The van der Waals surface area contributed by atoms with Crippen LogP contribution in [0.2, 0.25) is 0 Å². The molecule has 2 fully saturated rings. The van der Waals surface area contributed by atoms with E-state index in [1.807, 2.05) is 6.07 Å². The summed E-state index contributed by atoms with van der Waals surface area (Å²) in [7, 11) is 3.14. The molecule has 1 N–H and O–H groups in total. The van der Waals surface area contributed by atoms with Crippen LogP contribution >= 0.6 is 0 Å². The zero-order chi connectivity index (χ0) is 22.1. The van der Waals surface area contributed by atoms with Crippen LogP contribution in [0.5, 0.6) is 11.5 Å². The Morgan fingerprint density at radius 3 is 2.91 bits per heavy atom. The lowest BCUT2D eigenvalue weighted by Gasteiger charge is -2.36. The number of unbranched alkanes of at least 4 members (excludes halogenated alkanes) is 2. The van der Waals surface area contributed by atoms with Gasteiger partial charge in [0.15, 0.2) is 0 Å². The SMILES string of the molecule is COC(=O)[C@@H]1C[C@]2(CCc3c(c(CCCCCC4CC4)nc4ccc(OC)cc34)O2)CN1. The number of hydrogen-bond acceptors (Lipinski definition) is 6. The second-order valence-electron chi connectivity index (χ2n) is 9.74. The van der Waals surface area contributed by atoms with Crippen LogP contribution in [0.3, 0.4) is 0 Å². The number of esters is 1. The minimum absolute atomic E-state index is 0.214. The van der Waals surface area contributed by atoms with E-state index in [4.69, 9.17) is 19.2 Å². The van der Waals surface area contributed by atoms with Crippen molar-refractivity contribution in [2.45, 2.75) is 75.9 Å². The highest BCUT2D eigenvalue weighted by Crippen LogP contribution is 2.43. The Hall–Kier alpha value is -2.34. The zero-order valence-electron chi connectivity index (χ0n) is 19.2. The predicted molar refractivity (Wildman–Crippen MR) is 123 cm³/mol. The predicted octanol–water partition coefficient (Wildman–Crippen LogP) is 4.36. The highest BCUT2D eigenvalue weighted by Gasteiger charge is 2.47. The topological polar surface area (TPSA) is 69.7 Å². The first-order valence-electron chi connectivity index (χ1n) is 12.1. The molecule has 0 radical (unpaired) electrons. The summed E-state index contributed by atoms with van der Waals surface area (Å²) in [4.78, 5) is 17.1. The van der Waals surface area contributed by atoms with Crippen LogP contribution in [0, 0.1) is 5.92 Å². The number of nitrogens with zero attached hydrogens (tertiary/aromatic N) is 1. The number of fused-ring (bicyclic) bond motifs is 3. The van der Waals surface area contributed by atoms with Crippen molar-refractivity contribution < 1.29 is 19.0 Å². The van der Waals surface area contributed by atoms with Gasteiger partial charge in [0.05, 0.1) is 25.4 Å². The fourth-order valence-electron chi connectivity index (χ4n) is 5.34. The first-order chi connectivity index (χ1) is 15.6. The van der Waals surface area contributed by atoms with Crippen LogP contribution in [0.4, 0.5) is 0 Å². The molecule has 2 atom stereocenters. The first kappa shape index (κ1) is 21.5. The molecule has 1 saturated carbocycles. The second-order valence-corrected chi connectivity index (χ2v) is 9.74. The summed E-state index contributed by atoms with van der Waals surface area (Å²) in [6.07, 6.45) is 11.3. The van der Waals surface area contributed by atoms with Crippen molar-refractivity contribution in [2.24, 2.45) is 5.92 Å². The number of benzene rings is 1. The molecule has 0 unspecified atom stereocenters. The molecule has 2 aliphatic heterocycles. The van der Waals surface area contributed by atoms with Crippen LogP contribution in [0.1, 0.15) is 62.6 Å². The van der Waals surface area contributed by atoms with Crippen molar-refractivity contribution in [2.75, 3.05) is 20.8 Å². The van der Waals surface area contributed by atoms with Gasteiger partial charge >= 0.3 is 5.97 Å². The molecule has 1 aliphatic carbocycles. The molecule has 5 rings (SSSR count). The molecule has 3 heterocycles. The largest absolute Gasteiger partial charge is 0.497 e. The standard InChI is InChI=1S/C26H34N2O4/c1-30-18-10-11-21-20(14-18)19-12-13-26(15-23(27-16-26)25(29)31-2)32-24(19)22(28-21)7-5-3-4-6-17-8-9-17/h10-11,14,17,23,27H,3-9,12-13,15-16H2,1-2H3/t23-,26+/m0/s1. The Labute approximate surface area is 190 Å². The molecule has 1 saturated heterocycles. The first-order valence-corrected chi connectivity index (χ1v) is 12.1. The highest BCUT2D eigenvalue weighted by atomic mass is 16.5. The van der Waals surface area contributed by atoms with E-state index in [0.717, 1.165) is 59.7 Å². The van der Waals surface area contributed by atoms with E-state index in [-0.39, 0.29) is 17.6 Å². The normalized spacial score (nSPS) is 24.4. The smallest absolute Gasteiger partial charge is 0.323 e. The molecule has 3 aliphatic rings. The minimum Gasteiger partial charge on any atom is -0.497 e. The van der Waals surface area contributed by atoms with Gasteiger partial charge in [0, 0.05) is 23.9 Å². The minimum atomic E-state index is -0.374. The van der Waals surface area contributed by atoms with Gasteiger partial charge in [0.25, 0.3) is 0 Å². The number of aryl methyl sites for hydroxylation is 2. The molecular formula is C26H34N2O4. The number of nitrogens with one attached hydrogen (secondary N) is 1. The summed E-state index contributed by atoms with van der Waals surface area (Å²) in [6, 6.07) is 5.81. The molecule has 1 spiro atoms. The maximum Gasteiger partial charge on any atom is 0.323 e. The molecule has 0 amide bonds. The Morgan fingerprint density at radius 2 is 2.12 bits per heavy atom. The zero-order valence-corrected chi connectivity index (χ0v) is 19.2. The van der Waals surface area contributed by atoms with Crippen LogP contribution in [-0.2, 0) is 22.4 Å². The van der Waals surface area contributed by atoms with Gasteiger partial charge in [-0.1, -0.05) is 32.1 Å². The number of carbonyl (C=O) groups is 1. The third-order valence-corrected chi connectivity index (χ3v) is 7.42. The lowest BCUT2D eigenvalue weighted by molar-refractivity contribution is -0.143. The fourth-order valence-corrected chi connectivity index (χ4v) is 5.34. The Morgan fingerprint density at radius 1 is 1.25 bits per heavy atom. The van der Waals surface area contributed by atoms with Crippen molar-refractivity contribution in [3.63, 3.8) is 0 Å². The van der Waals surface area contributed by atoms with Gasteiger partial charge in [0.2, 0.25) is 0 Å². The van der Waals surface area contributed by atoms with Gasteiger partial charge in [-0.15, -0.1) is 0 Å². The van der Waals surface area contributed by atoms with Crippen LogP contribution < -0.4 is 14.8 Å². The second kappa shape index (κ2) is 8.89. The van der Waals surface area contributed by atoms with Crippen LogP contribution in [-0.4, -0.2) is 43.4 Å². The third kappa shape index (κ3) is 4.29. The number of carbonyl (C=O) groups excluding carboxylic acids is 1. The lowest BCUT2D eigenvalue weighted by atomic mass is 9.86. The highest BCUT2D eigenvalue weighted by molar-refractivity contribution is 5.86. The van der Waals surface area contributed by atoms with Crippen LogP contribution in [0.15, 0.2) is 18.2 Å². The Balaban J connectivity index is 1.41. The lowest BCUT2D eigenvalue weighted by Crippen LogP contribution is -2.42. The van der Waals surface area contributed by atoms with E-state index < -0.39 is 0 Å². The Bertz CT molecular complexity index is 1000.